The summed E-state index contributed by atoms with van der Waals surface area (Å²) in [6.07, 6.45) is 4.85. The molecule has 1 aliphatic heterocycles. The summed E-state index contributed by atoms with van der Waals surface area (Å²) in [6.45, 7) is 7.68. The van der Waals surface area contributed by atoms with Gasteiger partial charge < -0.3 is 10.4 Å². The van der Waals surface area contributed by atoms with Crippen molar-refractivity contribution in [1.82, 2.24) is 10.2 Å². The second-order valence-corrected chi connectivity index (χ2v) is 7.25. The molecule has 0 bridgehead atoms. The maximum absolute atomic E-state index is 12.0. The van der Waals surface area contributed by atoms with E-state index in [9.17, 15) is 9.90 Å². The van der Waals surface area contributed by atoms with E-state index in [0.717, 1.165) is 6.54 Å². The van der Waals surface area contributed by atoms with Crippen LogP contribution in [0.15, 0.2) is 24.3 Å². The van der Waals surface area contributed by atoms with Gasteiger partial charge in [-0.15, -0.1) is 0 Å². The highest BCUT2D eigenvalue weighted by Gasteiger charge is 2.15. The van der Waals surface area contributed by atoms with E-state index in [1.165, 1.54) is 49.9 Å². The van der Waals surface area contributed by atoms with Crippen molar-refractivity contribution in [2.75, 3.05) is 13.1 Å². The Morgan fingerprint density at radius 3 is 2.38 bits per heavy atom. The zero-order valence-corrected chi connectivity index (χ0v) is 15.1. The molecule has 1 aliphatic rings. The van der Waals surface area contributed by atoms with Crippen molar-refractivity contribution in [3.63, 3.8) is 0 Å². The van der Waals surface area contributed by atoms with Crippen molar-refractivity contribution in [2.24, 2.45) is 5.92 Å². The highest BCUT2D eigenvalue weighted by Crippen LogP contribution is 2.16. The first-order valence-corrected chi connectivity index (χ1v) is 9.30. The zero-order chi connectivity index (χ0) is 17.4. The van der Waals surface area contributed by atoms with Crippen LogP contribution < -0.4 is 5.32 Å². The SMILES string of the molecule is CC(C)C(O)CC(=O)NCc1ccccc1CN1CCCCCC1. The predicted molar refractivity (Wildman–Crippen MR) is 97.5 cm³/mol. The van der Waals surface area contributed by atoms with E-state index >= 15 is 0 Å². The standard InChI is InChI=1S/C20H32N2O2/c1-16(2)19(23)13-20(24)21-14-17-9-5-6-10-18(17)15-22-11-7-3-4-8-12-22/h5-6,9-10,16,19,23H,3-4,7-8,11-15H2,1-2H3,(H,21,24). The lowest BCUT2D eigenvalue weighted by molar-refractivity contribution is -0.123. The average Bonchev–Trinajstić information content (AvgIpc) is 2.82. The fourth-order valence-electron chi connectivity index (χ4n) is 3.11. The van der Waals surface area contributed by atoms with Crippen molar-refractivity contribution in [3.8, 4) is 0 Å². The number of carbonyl (C=O) groups is 1. The molecule has 2 rings (SSSR count). The number of likely N-dealkylation sites (tertiary alicyclic amines) is 1. The molecule has 1 aromatic rings. The topological polar surface area (TPSA) is 52.6 Å². The van der Waals surface area contributed by atoms with Gasteiger partial charge in [-0.3, -0.25) is 9.69 Å². The molecule has 1 heterocycles. The average molecular weight is 332 g/mol. The first-order valence-electron chi connectivity index (χ1n) is 9.30. The Morgan fingerprint density at radius 1 is 1.12 bits per heavy atom. The second-order valence-electron chi connectivity index (χ2n) is 7.25. The van der Waals surface area contributed by atoms with Crippen LogP contribution in [0.4, 0.5) is 0 Å². The normalized spacial score (nSPS) is 17.5. The van der Waals surface area contributed by atoms with E-state index in [-0.39, 0.29) is 18.2 Å². The molecule has 1 amide bonds. The molecule has 134 valence electrons. The van der Waals surface area contributed by atoms with Gasteiger partial charge in [-0.2, -0.15) is 0 Å². The number of hydrogen-bond acceptors (Lipinski definition) is 3. The van der Waals surface area contributed by atoms with Gasteiger partial charge in [-0.25, -0.2) is 0 Å². The number of carbonyl (C=O) groups excluding carboxylic acids is 1. The molecular formula is C20H32N2O2. The number of aliphatic hydroxyl groups excluding tert-OH is 1. The van der Waals surface area contributed by atoms with Crippen molar-refractivity contribution in [3.05, 3.63) is 35.4 Å². The molecule has 0 aliphatic carbocycles. The molecule has 1 unspecified atom stereocenters. The van der Waals surface area contributed by atoms with E-state index in [2.05, 4.69) is 28.4 Å². The lowest BCUT2D eigenvalue weighted by Gasteiger charge is -2.22. The molecular weight excluding hydrogens is 300 g/mol. The number of nitrogens with zero attached hydrogens (tertiary/aromatic N) is 1. The van der Waals surface area contributed by atoms with E-state index in [1.807, 2.05) is 19.9 Å². The first-order chi connectivity index (χ1) is 11.6. The number of amides is 1. The van der Waals surface area contributed by atoms with Crippen molar-refractivity contribution in [1.29, 1.82) is 0 Å². The lowest BCUT2D eigenvalue weighted by Crippen LogP contribution is -2.30. The highest BCUT2D eigenvalue weighted by atomic mass is 16.3. The maximum atomic E-state index is 12.0. The van der Waals surface area contributed by atoms with Gasteiger partial charge in [0.2, 0.25) is 5.91 Å². The first kappa shape index (κ1) is 18.9. The summed E-state index contributed by atoms with van der Waals surface area (Å²) in [5.74, 6) is 0.0202. The van der Waals surface area contributed by atoms with E-state index in [0.29, 0.717) is 6.54 Å². The van der Waals surface area contributed by atoms with Gasteiger partial charge in [-0.05, 0) is 43.0 Å². The predicted octanol–water partition coefficient (Wildman–Crippen LogP) is 3.09. The molecule has 4 nitrogen and oxygen atoms in total. The van der Waals surface area contributed by atoms with Gasteiger partial charge in [0, 0.05) is 13.1 Å². The molecule has 1 fully saturated rings. The summed E-state index contributed by atoms with van der Waals surface area (Å²) in [7, 11) is 0. The molecule has 4 heteroatoms. The summed E-state index contributed by atoms with van der Waals surface area (Å²) in [5, 5.41) is 12.8. The van der Waals surface area contributed by atoms with Crippen LogP contribution in [-0.2, 0) is 17.9 Å². The van der Waals surface area contributed by atoms with Crippen LogP contribution in [0.25, 0.3) is 0 Å². The monoisotopic (exact) mass is 332 g/mol. The van der Waals surface area contributed by atoms with Crippen LogP contribution in [0.5, 0.6) is 0 Å². The number of aliphatic hydroxyl groups is 1. The summed E-state index contributed by atoms with van der Waals surface area (Å²) in [4.78, 5) is 14.5. The Bertz CT molecular complexity index is 508. The third-order valence-corrected chi connectivity index (χ3v) is 4.85. The molecule has 1 aromatic carbocycles. The minimum absolute atomic E-state index is 0.0826. The van der Waals surface area contributed by atoms with Gasteiger partial charge >= 0.3 is 0 Å². The summed E-state index contributed by atoms with van der Waals surface area (Å²) < 4.78 is 0. The van der Waals surface area contributed by atoms with Crippen molar-refractivity contribution >= 4 is 5.91 Å². The molecule has 1 atom stereocenters. The Hall–Kier alpha value is -1.39. The maximum Gasteiger partial charge on any atom is 0.222 e. The third kappa shape index (κ3) is 6.25. The van der Waals surface area contributed by atoms with Crippen LogP contribution in [0.3, 0.4) is 0 Å². The molecule has 0 spiro atoms. The van der Waals surface area contributed by atoms with E-state index in [4.69, 9.17) is 0 Å². The summed E-state index contributed by atoms with van der Waals surface area (Å²) in [6, 6.07) is 8.35. The number of rotatable bonds is 7. The molecule has 1 saturated heterocycles. The smallest absolute Gasteiger partial charge is 0.222 e. The summed E-state index contributed by atoms with van der Waals surface area (Å²) >= 11 is 0. The Balaban J connectivity index is 1.89. The summed E-state index contributed by atoms with van der Waals surface area (Å²) in [5.41, 5.74) is 2.47. The molecule has 0 radical (unpaired) electrons. The number of benzene rings is 1. The van der Waals surface area contributed by atoms with Crippen LogP contribution in [0, 0.1) is 5.92 Å². The Labute approximate surface area is 146 Å². The molecule has 24 heavy (non-hydrogen) atoms. The van der Waals surface area contributed by atoms with Crippen molar-refractivity contribution < 1.29 is 9.90 Å². The quantitative estimate of drug-likeness (QED) is 0.807. The zero-order valence-electron chi connectivity index (χ0n) is 15.1. The van der Waals surface area contributed by atoms with Crippen molar-refractivity contribution in [2.45, 2.75) is 65.1 Å². The molecule has 0 aromatic heterocycles. The second kappa shape index (κ2) is 9.80. The Kier molecular flexibility index (Phi) is 7.73. The van der Waals surface area contributed by atoms with Crippen LogP contribution in [0.2, 0.25) is 0 Å². The largest absolute Gasteiger partial charge is 0.392 e. The van der Waals surface area contributed by atoms with Crippen LogP contribution in [0.1, 0.15) is 57.1 Å². The Morgan fingerprint density at radius 2 is 1.75 bits per heavy atom. The fourth-order valence-corrected chi connectivity index (χ4v) is 3.11. The van der Waals surface area contributed by atoms with Gasteiger partial charge in [0.1, 0.15) is 0 Å². The number of hydrogen-bond donors (Lipinski definition) is 2. The fraction of sp³-hybridized carbons (Fsp3) is 0.650. The highest BCUT2D eigenvalue weighted by molar-refractivity contribution is 5.76. The van der Waals surface area contributed by atoms with E-state index in [1.54, 1.807) is 0 Å². The van der Waals surface area contributed by atoms with Gasteiger partial charge in [0.05, 0.1) is 12.5 Å². The van der Waals surface area contributed by atoms with Gasteiger partial charge in [0.25, 0.3) is 0 Å². The lowest BCUT2D eigenvalue weighted by atomic mass is 10.0. The van der Waals surface area contributed by atoms with E-state index < -0.39 is 6.10 Å². The van der Waals surface area contributed by atoms with Gasteiger partial charge in [-0.1, -0.05) is 51.0 Å². The molecule has 0 saturated carbocycles. The van der Waals surface area contributed by atoms with Crippen LogP contribution in [-0.4, -0.2) is 35.1 Å². The minimum atomic E-state index is -0.572. The number of nitrogens with one attached hydrogen (secondary N) is 1. The van der Waals surface area contributed by atoms with Gasteiger partial charge in [0.15, 0.2) is 0 Å². The van der Waals surface area contributed by atoms with Crippen LogP contribution >= 0.6 is 0 Å². The minimum Gasteiger partial charge on any atom is -0.392 e. The third-order valence-electron chi connectivity index (χ3n) is 4.85. The molecule has 2 N–H and O–H groups in total.